The molecule has 0 unspecified atom stereocenters. The Bertz CT molecular complexity index is 304. The predicted octanol–water partition coefficient (Wildman–Crippen LogP) is -0.910. The van der Waals surface area contributed by atoms with Gasteiger partial charge in [0.15, 0.2) is 0 Å². The Balaban J connectivity index is 3.28. The van der Waals surface area contributed by atoms with Gasteiger partial charge >= 0.3 is 0 Å². The molecule has 1 aromatic rings. The van der Waals surface area contributed by atoms with Gasteiger partial charge in [-0.2, -0.15) is 5.10 Å². The molecule has 60 valence electrons. The first kappa shape index (κ1) is 7.74. The Morgan fingerprint density at radius 1 is 1.73 bits per heavy atom. The van der Waals surface area contributed by atoms with E-state index in [0.717, 1.165) is 0 Å². The van der Waals surface area contributed by atoms with Crippen molar-refractivity contribution in [1.29, 1.82) is 0 Å². The van der Waals surface area contributed by atoms with Gasteiger partial charge in [-0.1, -0.05) is 0 Å². The van der Waals surface area contributed by atoms with E-state index in [-0.39, 0.29) is 5.56 Å². The van der Waals surface area contributed by atoms with Gasteiger partial charge in [0, 0.05) is 20.3 Å². The molecule has 0 amide bonds. The summed E-state index contributed by atoms with van der Waals surface area (Å²) in [7, 11) is 3.19. The zero-order valence-electron chi connectivity index (χ0n) is 6.48. The van der Waals surface area contributed by atoms with Crippen LogP contribution in [0.15, 0.2) is 17.1 Å². The highest BCUT2D eigenvalue weighted by atomic mass is 16.1. The van der Waals surface area contributed by atoms with Crippen molar-refractivity contribution in [3.05, 3.63) is 22.6 Å². The Morgan fingerprint density at radius 2 is 2.36 bits per heavy atom. The lowest BCUT2D eigenvalue weighted by molar-refractivity contribution is 0.702. The summed E-state index contributed by atoms with van der Waals surface area (Å²) in [6, 6.07) is 1.57. The molecule has 1 rings (SSSR count). The average molecular weight is 154 g/mol. The molecule has 0 fully saturated rings. The Hall–Kier alpha value is -1.36. The van der Waals surface area contributed by atoms with E-state index in [4.69, 9.17) is 5.84 Å². The second kappa shape index (κ2) is 2.71. The van der Waals surface area contributed by atoms with E-state index < -0.39 is 0 Å². The van der Waals surface area contributed by atoms with Crippen molar-refractivity contribution < 1.29 is 0 Å². The average Bonchev–Trinajstić information content (AvgIpc) is 1.94. The minimum Gasteiger partial charge on any atom is -0.309 e. The Kier molecular flexibility index (Phi) is 1.91. The molecule has 0 atom stereocenters. The van der Waals surface area contributed by atoms with E-state index in [0.29, 0.717) is 5.69 Å². The molecule has 1 heterocycles. The van der Waals surface area contributed by atoms with Crippen molar-refractivity contribution in [2.45, 2.75) is 0 Å². The van der Waals surface area contributed by atoms with Crippen LogP contribution in [-0.2, 0) is 7.05 Å². The molecule has 0 saturated heterocycles. The number of anilines is 1. The lowest BCUT2D eigenvalue weighted by Crippen LogP contribution is -2.33. The van der Waals surface area contributed by atoms with Crippen molar-refractivity contribution in [2.24, 2.45) is 12.9 Å². The van der Waals surface area contributed by atoms with E-state index in [1.54, 1.807) is 20.2 Å². The van der Waals surface area contributed by atoms with Crippen molar-refractivity contribution in [1.82, 2.24) is 9.78 Å². The van der Waals surface area contributed by atoms with Gasteiger partial charge in [-0.15, -0.1) is 0 Å². The molecule has 0 aromatic carbocycles. The van der Waals surface area contributed by atoms with E-state index >= 15 is 0 Å². The van der Waals surface area contributed by atoms with Crippen LogP contribution in [0, 0.1) is 0 Å². The number of nitrogens with two attached hydrogens (primary N) is 1. The third kappa shape index (κ3) is 1.38. The van der Waals surface area contributed by atoms with Crippen LogP contribution in [0.4, 0.5) is 5.69 Å². The number of aryl methyl sites for hydroxylation is 1. The molecule has 0 saturated carbocycles. The van der Waals surface area contributed by atoms with Crippen LogP contribution in [0.3, 0.4) is 0 Å². The maximum Gasteiger partial charge on any atom is 0.291 e. The third-order valence-electron chi connectivity index (χ3n) is 1.37. The first-order chi connectivity index (χ1) is 5.13. The number of hydrogen-bond acceptors (Lipinski definition) is 4. The SMILES string of the molecule is CN(N)c1ccnn(C)c1=O. The molecular formula is C6H10N4O. The van der Waals surface area contributed by atoms with Gasteiger partial charge in [0.05, 0.1) is 0 Å². The van der Waals surface area contributed by atoms with Crippen LogP contribution in [0.5, 0.6) is 0 Å². The molecule has 11 heavy (non-hydrogen) atoms. The lowest BCUT2D eigenvalue weighted by Gasteiger charge is -2.10. The number of rotatable bonds is 1. The van der Waals surface area contributed by atoms with Gasteiger partial charge in [0.2, 0.25) is 0 Å². The quantitative estimate of drug-likeness (QED) is 0.420. The molecular weight excluding hydrogens is 144 g/mol. The number of hydrazine groups is 1. The second-order valence-corrected chi connectivity index (χ2v) is 2.26. The molecule has 0 aliphatic heterocycles. The van der Waals surface area contributed by atoms with Crippen molar-refractivity contribution in [2.75, 3.05) is 12.1 Å². The summed E-state index contributed by atoms with van der Waals surface area (Å²) in [6.07, 6.45) is 1.53. The van der Waals surface area contributed by atoms with E-state index in [9.17, 15) is 4.79 Å². The van der Waals surface area contributed by atoms with Gasteiger partial charge in [0.25, 0.3) is 5.56 Å². The first-order valence-electron chi connectivity index (χ1n) is 3.13. The highest BCUT2D eigenvalue weighted by Gasteiger charge is 2.01. The van der Waals surface area contributed by atoms with Crippen molar-refractivity contribution in [3.63, 3.8) is 0 Å². The van der Waals surface area contributed by atoms with Crippen LogP contribution < -0.4 is 16.4 Å². The summed E-state index contributed by atoms with van der Waals surface area (Å²) >= 11 is 0. The molecule has 0 aliphatic rings. The summed E-state index contributed by atoms with van der Waals surface area (Å²) in [5.41, 5.74) is 0.236. The molecule has 0 bridgehead atoms. The summed E-state index contributed by atoms with van der Waals surface area (Å²) < 4.78 is 1.23. The molecule has 0 spiro atoms. The number of aromatic nitrogens is 2. The van der Waals surface area contributed by atoms with Gasteiger partial charge < -0.3 is 5.01 Å². The van der Waals surface area contributed by atoms with Crippen LogP contribution >= 0.6 is 0 Å². The summed E-state index contributed by atoms with van der Waals surface area (Å²) in [5.74, 6) is 5.38. The number of nitrogens with zero attached hydrogens (tertiary/aromatic N) is 3. The highest BCUT2D eigenvalue weighted by Crippen LogP contribution is 1.96. The van der Waals surface area contributed by atoms with Crippen LogP contribution in [0.1, 0.15) is 0 Å². The van der Waals surface area contributed by atoms with Gasteiger partial charge in [-0.25, -0.2) is 10.5 Å². The van der Waals surface area contributed by atoms with E-state index in [1.165, 1.54) is 15.9 Å². The molecule has 1 aromatic heterocycles. The molecule has 0 aliphatic carbocycles. The smallest absolute Gasteiger partial charge is 0.291 e. The van der Waals surface area contributed by atoms with Crippen LogP contribution in [-0.4, -0.2) is 16.8 Å². The lowest BCUT2D eigenvalue weighted by atomic mass is 10.4. The van der Waals surface area contributed by atoms with E-state index in [1.807, 2.05) is 0 Å². The van der Waals surface area contributed by atoms with Crippen LogP contribution in [0.2, 0.25) is 0 Å². The van der Waals surface area contributed by atoms with Crippen LogP contribution in [0.25, 0.3) is 0 Å². The van der Waals surface area contributed by atoms with Crippen molar-refractivity contribution in [3.8, 4) is 0 Å². The fraction of sp³-hybridized carbons (Fsp3) is 0.333. The predicted molar refractivity (Wildman–Crippen MR) is 42.1 cm³/mol. The fourth-order valence-corrected chi connectivity index (χ4v) is 0.762. The normalized spacial score (nSPS) is 9.73. The number of hydrogen-bond donors (Lipinski definition) is 1. The maximum atomic E-state index is 11.2. The minimum absolute atomic E-state index is 0.197. The topological polar surface area (TPSA) is 64.2 Å². The summed E-state index contributed by atoms with van der Waals surface area (Å²) in [6.45, 7) is 0. The Labute approximate surface area is 64.0 Å². The van der Waals surface area contributed by atoms with Gasteiger partial charge in [-0.05, 0) is 6.07 Å². The monoisotopic (exact) mass is 154 g/mol. The minimum atomic E-state index is -0.197. The zero-order valence-corrected chi connectivity index (χ0v) is 6.48. The molecule has 5 heteroatoms. The highest BCUT2D eigenvalue weighted by molar-refractivity contribution is 5.39. The third-order valence-corrected chi connectivity index (χ3v) is 1.37. The summed E-state index contributed by atoms with van der Waals surface area (Å²) in [4.78, 5) is 11.2. The van der Waals surface area contributed by atoms with Gasteiger partial charge in [0.1, 0.15) is 5.69 Å². The van der Waals surface area contributed by atoms with Crippen molar-refractivity contribution >= 4 is 5.69 Å². The van der Waals surface area contributed by atoms with Gasteiger partial charge in [-0.3, -0.25) is 4.79 Å². The first-order valence-corrected chi connectivity index (χ1v) is 3.13. The molecule has 5 nitrogen and oxygen atoms in total. The standard InChI is InChI=1S/C6H10N4O/c1-9(7)5-3-4-8-10(2)6(5)11/h3-4H,7H2,1-2H3. The zero-order chi connectivity index (χ0) is 8.43. The Morgan fingerprint density at radius 3 is 2.82 bits per heavy atom. The molecule has 0 radical (unpaired) electrons. The molecule has 2 N–H and O–H groups in total. The fourth-order valence-electron chi connectivity index (χ4n) is 0.762. The largest absolute Gasteiger partial charge is 0.309 e. The summed E-state index contributed by atoms with van der Waals surface area (Å²) in [5, 5.41) is 5.01. The second-order valence-electron chi connectivity index (χ2n) is 2.26. The van der Waals surface area contributed by atoms with E-state index in [2.05, 4.69) is 5.10 Å². The maximum absolute atomic E-state index is 11.2.